The molecule has 4 rings (SSSR count). The predicted octanol–water partition coefficient (Wildman–Crippen LogP) is 3.01. The molecule has 3 heterocycles. The van der Waals surface area contributed by atoms with E-state index in [-0.39, 0.29) is 17.9 Å². The average Bonchev–Trinajstić information content (AvgIpc) is 3.39. The third-order valence-electron chi connectivity index (χ3n) is 5.33. The second-order valence-electron chi connectivity index (χ2n) is 7.47. The van der Waals surface area contributed by atoms with Crippen LogP contribution in [-0.4, -0.2) is 53.3 Å². The van der Waals surface area contributed by atoms with Crippen LogP contribution in [0.3, 0.4) is 0 Å². The molecule has 28 heavy (non-hydrogen) atoms. The number of hydrogen-bond acceptors (Lipinski definition) is 6. The molecule has 7 nitrogen and oxygen atoms in total. The van der Waals surface area contributed by atoms with Crippen molar-refractivity contribution in [1.29, 1.82) is 0 Å². The van der Waals surface area contributed by atoms with Crippen molar-refractivity contribution in [2.45, 2.75) is 38.3 Å². The van der Waals surface area contributed by atoms with Gasteiger partial charge in [0.1, 0.15) is 0 Å². The van der Waals surface area contributed by atoms with Crippen LogP contribution in [0.15, 0.2) is 33.3 Å². The number of amides is 1. The standard InChI is InChI=1S/C20H25BrN4O3/c21-16-7-5-14(6-8-16)19-23-18(28-24-19)13-25-9-1-3-15(12-25)20(26)22-11-17-4-2-10-27-17/h5-8,15,17H,1-4,9-13H2,(H,22,26). The number of halogens is 1. The highest BCUT2D eigenvalue weighted by Crippen LogP contribution is 2.22. The zero-order valence-electron chi connectivity index (χ0n) is 15.8. The first-order valence-electron chi connectivity index (χ1n) is 9.87. The molecule has 2 fully saturated rings. The van der Waals surface area contributed by atoms with Crippen LogP contribution in [0, 0.1) is 5.92 Å². The molecule has 1 aromatic carbocycles. The molecule has 2 saturated heterocycles. The third kappa shape index (κ3) is 4.98. The smallest absolute Gasteiger partial charge is 0.241 e. The zero-order valence-corrected chi connectivity index (χ0v) is 17.4. The van der Waals surface area contributed by atoms with E-state index in [9.17, 15) is 4.79 Å². The fraction of sp³-hybridized carbons (Fsp3) is 0.550. The lowest BCUT2D eigenvalue weighted by molar-refractivity contribution is -0.127. The van der Waals surface area contributed by atoms with Gasteiger partial charge < -0.3 is 14.6 Å². The average molecular weight is 449 g/mol. The summed E-state index contributed by atoms with van der Waals surface area (Å²) in [5.41, 5.74) is 0.920. The number of hydrogen-bond donors (Lipinski definition) is 1. The predicted molar refractivity (Wildman–Crippen MR) is 107 cm³/mol. The molecule has 0 aliphatic carbocycles. The summed E-state index contributed by atoms with van der Waals surface area (Å²) in [6, 6.07) is 7.81. The van der Waals surface area contributed by atoms with Gasteiger partial charge in [-0.05, 0) is 56.5 Å². The van der Waals surface area contributed by atoms with Crippen LogP contribution in [0.5, 0.6) is 0 Å². The van der Waals surface area contributed by atoms with Crippen molar-refractivity contribution < 1.29 is 14.1 Å². The second kappa shape index (κ2) is 9.15. The van der Waals surface area contributed by atoms with Crippen molar-refractivity contribution in [3.8, 4) is 11.4 Å². The number of nitrogens with one attached hydrogen (secondary N) is 1. The van der Waals surface area contributed by atoms with Gasteiger partial charge in [0.2, 0.25) is 17.6 Å². The number of piperidine rings is 1. The van der Waals surface area contributed by atoms with E-state index in [1.54, 1.807) is 0 Å². The Morgan fingerprint density at radius 3 is 2.89 bits per heavy atom. The monoisotopic (exact) mass is 448 g/mol. The summed E-state index contributed by atoms with van der Waals surface area (Å²) in [5.74, 6) is 1.30. The highest BCUT2D eigenvalue weighted by Gasteiger charge is 2.27. The molecule has 1 aromatic heterocycles. The van der Waals surface area contributed by atoms with Gasteiger partial charge in [0.05, 0.1) is 18.6 Å². The highest BCUT2D eigenvalue weighted by atomic mass is 79.9. The van der Waals surface area contributed by atoms with E-state index in [1.807, 2.05) is 24.3 Å². The van der Waals surface area contributed by atoms with Crippen molar-refractivity contribution in [1.82, 2.24) is 20.4 Å². The van der Waals surface area contributed by atoms with Gasteiger partial charge in [-0.25, -0.2) is 0 Å². The molecule has 150 valence electrons. The number of rotatable bonds is 6. The number of aromatic nitrogens is 2. The number of carbonyl (C=O) groups excluding carboxylic acids is 1. The summed E-state index contributed by atoms with van der Waals surface area (Å²) >= 11 is 3.43. The zero-order chi connectivity index (χ0) is 19.3. The van der Waals surface area contributed by atoms with Crippen molar-refractivity contribution in [3.63, 3.8) is 0 Å². The SMILES string of the molecule is O=C(NCC1CCCO1)C1CCCN(Cc2nc(-c3ccc(Br)cc3)no2)C1. The molecule has 2 aliphatic heterocycles. The molecule has 2 atom stereocenters. The third-order valence-corrected chi connectivity index (χ3v) is 5.86. The normalized spacial score (nSPS) is 23.0. The van der Waals surface area contributed by atoms with Gasteiger partial charge in [-0.3, -0.25) is 9.69 Å². The van der Waals surface area contributed by atoms with E-state index in [0.29, 0.717) is 31.3 Å². The first-order valence-corrected chi connectivity index (χ1v) is 10.7. The summed E-state index contributed by atoms with van der Waals surface area (Å²) in [5, 5.41) is 7.15. The second-order valence-corrected chi connectivity index (χ2v) is 8.39. The molecule has 0 bridgehead atoms. The summed E-state index contributed by atoms with van der Waals surface area (Å²) in [4.78, 5) is 19.3. The summed E-state index contributed by atoms with van der Waals surface area (Å²) in [7, 11) is 0. The fourth-order valence-electron chi connectivity index (χ4n) is 3.80. The van der Waals surface area contributed by atoms with E-state index < -0.39 is 0 Å². The Morgan fingerprint density at radius 2 is 2.11 bits per heavy atom. The van der Waals surface area contributed by atoms with Gasteiger partial charge in [-0.15, -0.1) is 0 Å². The molecule has 0 radical (unpaired) electrons. The molecule has 8 heteroatoms. The van der Waals surface area contributed by atoms with E-state index in [2.05, 4.69) is 36.3 Å². The molecule has 0 spiro atoms. The molecule has 1 amide bonds. The molecule has 1 N–H and O–H groups in total. The van der Waals surface area contributed by atoms with Crippen LogP contribution >= 0.6 is 15.9 Å². The van der Waals surface area contributed by atoms with Gasteiger partial charge in [-0.2, -0.15) is 4.98 Å². The lowest BCUT2D eigenvalue weighted by Gasteiger charge is -2.31. The first kappa shape index (κ1) is 19.5. The molecule has 2 aliphatic rings. The van der Waals surface area contributed by atoms with Crippen molar-refractivity contribution in [3.05, 3.63) is 34.6 Å². The molecule has 0 saturated carbocycles. The lowest BCUT2D eigenvalue weighted by Crippen LogP contribution is -2.44. The van der Waals surface area contributed by atoms with Gasteiger partial charge in [0, 0.05) is 29.7 Å². The van der Waals surface area contributed by atoms with E-state index in [0.717, 1.165) is 48.9 Å². The Kier molecular flexibility index (Phi) is 6.39. The van der Waals surface area contributed by atoms with Gasteiger partial charge in [0.15, 0.2) is 0 Å². The summed E-state index contributed by atoms with van der Waals surface area (Å²) in [6.45, 7) is 3.65. The summed E-state index contributed by atoms with van der Waals surface area (Å²) in [6.07, 6.45) is 4.21. The summed E-state index contributed by atoms with van der Waals surface area (Å²) < 4.78 is 12.0. The number of carbonyl (C=O) groups is 1. The minimum absolute atomic E-state index is 0.00372. The Morgan fingerprint density at radius 1 is 1.25 bits per heavy atom. The Bertz CT molecular complexity index is 789. The highest BCUT2D eigenvalue weighted by molar-refractivity contribution is 9.10. The lowest BCUT2D eigenvalue weighted by atomic mass is 9.97. The Labute approximate surface area is 172 Å². The van der Waals surface area contributed by atoms with Gasteiger partial charge in [-0.1, -0.05) is 21.1 Å². The largest absolute Gasteiger partial charge is 0.376 e. The Balaban J connectivity index is 1.30. The fourth-order valence-corrected chi connectivity index (χ4v) is 4.07. The first-order chi connectivity index (χ1) is 13.7. The number of benzene rings is 1. The van der Waals surface area contributed by atoms with Crippen LogP contribution in [-0.2, 0) is 16.1 Å². The van der Waals surface area contributed by atoms with Crippen LogP contribution in [0.1, 0.15) is 31.6 Å². The van der Waals surface area contributed by atoms with Crippen LogP contribution in [0.2, 0.25) is 0 Å². The maximum absolute atomic E-state index is 12.5. The van der Waals surface area contributed by atoms with Crippen molar-refractivity contribution in [2.75, 3.05) is 26.2 Å². The van der Waals surface area contributed by atoms with Gasteiger partial charge in [0.25, 0.3) is 0 Å². The minimum atomic E-state index is 0.00372. The maximum Gasteiger partial charge on any atom is 0.241 e. The van der Waals surface area contributed by atoms with Crippen LogP contribution in [0.4, 0.5) is 0 Å². The topological polar surface area (TPSA) is 80.5 Å². The van der Waals surface area contributed by atoms with Crippen molar-refractivity contribution in [2.24, 2.45) is 5.92 Å². The maximum atomic E-state index is 12.5. The Hall–Kier alpha value is -1.77. The van der Waals surface area contributed by atoms with E-state index in [4.69, 9.17) is 9.26 Å². The van der Waals surface area contributed by atoms with Crippen LogP contribution < -0.4 is 5.32 Å². The quantitative estimate of drug-likeness (QED) is 0.731. The number of ether oxygens (including phenoxy) is 1. The van der Waals surface area contributed by atoms with E-state index in [1.165, 1.54) is 0 Å². The van der Waals surface area contributed by atoms with E-state index >= 15 is 0 Å². The number of nitrogens with zero attached hydrogens (tertiary/aromatic N) is 3. The molecular weight excluding hydrogens is 424 g/mol. The number of likely N-dealkylation sites (tertiary alicyclic amines) is 1. The molecule has 2 aromatic rings. The molecule has 2 unspecified atom stereocenters. The van der Waals surface area contributed by atoms with Gasteiger partial charge >= 0.3 is 0 Å². The molecular formula is C20H25BrN4O3. The minimum Gasteiger partial charge on any atom is -0.376 e. The van der Waals surface area contributed by atoms with Crippen LogP contribution in [0.25, 0.3) is 11.4 Å². The van der Waals surface area contributed by atoms with Crippen molar-refractivity contribution >= 4 is 21.8 Å².